The van der Waals surface area contributed by atoms with Crippen LogP contribution >= 0.6 is 0 Å². The molecule has 1 atom stereocenters. The first-order chi connectivity index (χ1) is 9.24. The van der Waals surface area contributed by atoms with Crippen molar-refractivity contribution < 1.29 is 14.6 Å². The van der Waals surface area contributed by atoms with Gasteiger partial charge in [0.1, 0.15) is 0 Å². The van der Waals surface area contributed by atoms with E-state index in [1.807, 2.05) is 29.2 Å². The molecule has 1 aromatic carbocycles. The van der Waals surface area contributed by atoms with Gasteiger partial charge in [0.25, 0.3) is 0 Å². The van der Waals surface area contributed by atoms with E-state index < -0.39 is 0 Å². The summed E-state index contributed by atoms with van der Waals surface area (Å²) in [4.78, 5) is 13.7. The summed E-state index contributed by atoms with van der Waals surface area (Å²) in [5.41, 5.74) is 2.11. The van der Waals surface area contributed by atoms with Gasteiger partial charge in [0.2, 0.25) is 5.91 Å². The standard InChI is InChI=1S/C15H21NO3/c1-19-7-6-16-10-12(9-15(16)18)8-13-4-2-3-5-14(13)11-17/h2-5,12,17H,6-11H2,1H3/t12-/m0/s1. The summed E-state index contributed by atoms with van der Waals surface area (Å²) in [6.07, 6.45) is 1.45. The van der Waals surface area contributed by atoms with Gasteiger partial charge in [-0.25, -0.2) is 0 Å². The van der Waals surface area contributed by atoms with Crippen molar-refractivity contribution in [1.29, 1.82) is 0 Å². The molecule has 0 saturated carbocycles. The highest BCUT2D eigenvalue weighted by Gasteiger charge is 2.29. The number of nitrogens with zero attached hydrogens (tertiary/aromatic N) is 1. The molecule has 1 fully saturated rings. The minimum atomic E-state index is 0.0598. The van der Waals surface area contributed by atoms with E-state index in [0.29, 0.717) is 25.5 Å². The molecule has 2 rings (SSSR count). The van der Waals surface area contributed by atoms with E-state index in [4.69, 9.17) is 4.74 Å². The van der Waals surface area contributed by atoms with E-state index in [2.05, 4.69) is 0 Å². The number of benzene rings is 1. The molecule has 1 aliphatic rings. The number of likely N-dealkylation sites (tertiary alicyclic amines) is 1. The number of rotatable bonds is 6. The van der Waals surface area contributed by atoms with Crippen LogP contribution in [0.2, 0.25) is 0 Å². The maximum absolute atomic E-state index is 11.9. The third-order valence-corrected chi connectivity index (χ3v) is 3.66. The van der Waals surface area contributed by atoms with Crippen molar-refractivity contribution in [2.24, 2.45) is 5.92 Å². The van der Waals surface area contributed by atoms with Gasteiger partial charge in [0.05, 0.1) is 13.2 Å². The zero-order chi connectivity index (χ0) is 13.7. The SMILES string of the molecule is COCCN1C[C@@H](Cc2ccccc2CO)CC1=O. The molecular weight excluding hydrogens is 242 g/mol. The van der Waals surface area contributed by atoms with Gasteiger partial charge in [-0.15, -0.1) is 0 Å². The van der Waals surface area contributed by atoms with E-state index in [9.17, 15) is 9.90 Å². The molecule has 4 heteroatoms. The van der Waals surface area contributed by atoms with Gasteiger partial charge < -0.3 is 14.7 Å². The van der Waals surface area contributed by atoms with Crippen molar-refractivity contribution in [2.45, 2.75) is 19.4 Å². The van der Waals surface area contributed by atoms with Crippen molar-refractivity contribution >= 4 is 5.91 Å². The third kappa shape index (κ3) is 3.55. The highest BCUT2D eigenvalue weighted by molar-refractivity contribution is 5.78. The Kier molecular flexibility index (Phi) is 4.93. The van der Waals surface area contributed by atoms with Crippen LogP contribution in [0, 0.1) is 5.92 Å². The van der Waals surface area contributed by atoms with E-state index in [1.54, 1.807) is 7.11 Å². The Bertz CT molecular complexity index is 433. The first kappa shape index (κ1) is 14.0. The highest BCUT2D eigenvalue weighted by Crippen LogP contribution is 2.23. The Labute approximate surface area is 114 Å². The van der Waals surface area contributed by atoms with Crippen LogP contribution in [0.3, 0.4) is 0 Å². The maximum Gasteiger partial charge on any atom is 0.223 e. The summed E-state index contributed by atoms with van der Waals surface area (Å²) >= 11 is 0. The first-order valence-corrected chi connectivity index (χ1v) is 6.69. The molecule has 0 aliphatic carbocycles. The van der Waals surface area contributed by atoms with Gasteiger partial charge >= 0.3 is 0 Å². The largest absolute Gasteiger partial charge is 0.392 e. The van der Waals surface area contributed by atoms with E-state index in [1.165, 1.54) is 0 Å². The predicted molar refractivity (Wildman–Crippen MR) is 72.6 cm³/mol. The molecule has 0 spiro atoms. The molecule has 104 valence electrons. The lowest BCUT2D eigenvalue weighted by Gasteiger charge is -2.16. The van der Waals surface area contributed by atoms with E-state index in [0.717, 1.165) is 24.1 Å². The van der Waals surface area contributed by atoms with Crippen LogP contribution in [-0.4, -0.2) is 42.7 Å². The average Bonchev–Trinajstić information content (AvgIpc) is 2.77. The Hall–Kier alpha value is -1.39. The normalized spacial score (nSPS) is 19.2. The number of aliphatic hydroxyl groups is 1. The predicted octanol–water partition coefficient (Wildman–Crippen LogP) is 1.22. The number of carbonyl (C=O) groups excluding carboxylic acids is 1. The number of hydrogen-bond donors (Lipinski definition) is 1. The second-order valence-electron chi connectivity index (χ2n) is 5.03. The van der Waals surface area contributed by atoms with Crippen LogP contribution in [0.15, 0.2) is 24.3 Å². The number of carbonyl (C=O) groups is 1. The molecule has 4 nitrogen and oxygen atoms in total. The molecule has 1 heterocycles. The summed E-state index contributed by atoms with van der Waals surface area (Å²) in [6, 6.07) is 7.89. The molecule has 0 bridgehead atoms. The lowest BCUT2D eigenvalue weighted by atomic mass is 9.95. The van der Waals surface area contributed by atoms with Crippen LogP contribution in [0.25, 0.3) is 0 Å². The fraction of sp³-hybridized carbons (Fsp3) is 0.533. The summed E-state index contributed by atoms with van der Waals surface area (Å²) in [5.74, 6) is 0.556. The van der Waals surface area contributed by atoms with Crippen molar-refractivity contribution in [2.75, 3.05) is 26.8 Å². The quantitative estimate of drug-likeness (QED) is 0.839. The van der Waals surface area contributed by atoms with Crippen LogP contribution in [0.1, 0.15) is 17.5 Å². The van der Waals surface area contributed by atoms with Gasteiger partial charge in [-0.2, -0.15) is 0 Å². The minimum absolute atomic E-state index is 0.0598. The average molecular weight is 263 g/mol. The first-order valence-electron chi connectivity index (χ1n) is 6.69. The van der Waals surface area contributed by atoms with E-state index >= 15 is 0 Å². The molecule has 19 heavy (non-hydrogen) atoms. The Balaban J connectivity index is 1.95. The van der Waals surface area contributed by atoms with Crippen molar-refractivity contribution in [1.82, 2.24) is 4.90 Å². The van der Waals surface area contributed by atoms with Gasteiger partial charge in [0.15, 0.2) is 0 Å². The number of hydrogen-bond acceptors (Lipinski definition) is 3. The summed E-state index contributed by atoms with van der Waals surface area (Å²) < 4.78 is 5.02. The van der Waals surface area contributed by atoms with Crippen molar-refractivity contribution in [3.8, 4) is 0 Å². The molecule has 1 aromatic rings. The number of aliphatic hydroxyl groups excluding tert-OH is 1. The molecule has 1 N–H and O–H groups in total. The summed E-state index contributed by atoms with van der Waals surface area (Å²) in [5, 5.41) is 9.32. The van der Waals surface area contributed by atoms with Gasteiger partial charge in [-0.05, 0) is 23.5 Å². The molecule has 1 aliphatic heterocycles. The molecule has 1 saturated heterocycles. The summed E-state index contributed by atoms with van der Waals surface area (Å²) in [7, 11) is 1.65. The van der Waals surface area contributed by atoms with Gasteiger partial charge in [0, 0.05) is 26.6 Å². The second kappa shape index (κ2) is 6.68. The Morgan fingerprint density at radius 3 is 2.79 bits per heavy atom. The zero-order valence-corrected chi connectivity index (χ0v) is 11.3. The molecule has 0 aromatic heterocycles. The van der Waals surface area contributed by atoms with Crippen LogP contribution in [-0.2, 0) is 22.6 Å². The van der Waals surface area contributed by atoms with Crippen molar-refractivity contribution in [3.63, 3.8) is 0 Å². The molecular formula is C15H21NO3. The monoisotopic (exact) mass is 263 g/mol. The Morgan fingerprint density at radius 1 is 1.37 bits per heavy atom. The highest BCUT2D eigenvalue weighted by atomic mass is 16.5. The second-order valence-corrected chi connectivity index (χ2v) is 5.03. The van der Waals surface area contributed by atoms with Crippen molar-refractivity contribution in [3.05, 3.63) is 35.4 Å². The molecule has 1 amide bonds. The fourth-order valence-corrected chi connectivity index (χ4v) is 2.63. The number of amides is 1. The lowest BCUT2D eigenvalue weighted by Crippen LogP contribution is -2.28. The van der Waals surface area contributed by atoms with E-state index in [-0.39, 0.29) is 12.5 Å². The number of methoxy groups -OCH3 is 1. The van der Waals surface area contributed by atoms with Gasteiger partial charge in [-0.1, -0.05) is 24.3 Å². The zero-order valence-electron chi connectivity index (χ0n) is 11.3. The lowest BCUT2D eigenvalue weighted by molar-refractivity contribution is -0.128. The molecule has 0 unspecified atom stereocenters. The van der Waals surface area contributed by atoms with Crippen LogP contribution in [0.5, 0.6) is 0 Å². The minimum Gasteiger partial charge on any atom is -0.392 e. The number of ether oxygens (including phenoxy) is 1. The maximum atomic E-state index is 11.9. The smallest absolute Gasteiger partial charge is 0.223 e. The summed E-state index contributed by atoms with van der Waals surface area (Å²) in [6.45, 7) is 2.12. The Morgan fingerprint density at radius 2 is 2.11 bits per heavy atom. The topological polar surface area (TPSA) is 49.8 Å². The third-order valence-electron chi connectivity index (χ3n) is 3.66. The fourth-order valence-electron chi connectivity index (χ4n) is 2.63. The van der Waals surface area contributed by atoms with Crippen LogP contribution in [0.4, 0.5) is 0 Å². The molecule has 0 radical (unpaired) electrons. The van der Waals surface area contributed by atoms with Gasteiger partial charge in [-0.3, -0.25) is 4.79 Å². The van der Waals surface area contributed by atoms with Crippen LogP contribution < -0.4 is 0 Å².